The predicted molar refractivity (Wildman–Crippen MR) is 107 cm³/mol. The molecule has 11 heteroatoms. The van der Waals surface area contributed by atoms with Crippen molar-refractivity contribution >= 4 is 28.8 Å². The molecule has 11 nitrogen and oxygen atoms in total. The molecule has 0 bridgehead atoms. The number of ketones is 1. The molecule has 1 amide bonds. The van der Waals surface area contributed by atoms with Crippen LogP contribution in [0.5, 0.6) is 0 Å². The Hall–Kier alpha value is -4.12. The number of aliphatic hydroxyl groups is 2. The van der Waals surface area contributed by atoms with Crippen molar-refractivity contribution < 1.29 is 29.6 Å². The van der Waals surface area contributed by atoms with Gasteiger partial charge in [-0.2, -0.15) is 0 Å². The molecule has 1 fully saturated rings. The molecule has 2 N–H and O–H groups in total. The lowest BCUT2D eigenvalue weighted by atomic mass is 9.95. The van der Waals surface area contributed by atoms with Gasteiger partial charge in [-0.15, -0.1) is 0 Å². The van der Waals surface area contributed by atoms with Crippen molar-refractivity contribution in [2.75, 3.05) is 13.2 Å². The molecule has 3 rings (SSSR count). The summed E-state index contributed by atoms with van der Waals surface area (Å²) < 4.78 is 0. The Kier molecular flexibility index (Phi) is 6.07. The zero-order valence-electron chi connectivity index (χ0n) is 16.0. The Morgan fingerprint density at radius 2 is 1.65 bits per heavy atom. The van der Waals surface area contributed by atoms with Crippen molar-refractivity contribution in [3.05, 3.63) is 85.5 Å². The quantitative estimate of drug-likeness (QED) is 0.223. The van der Waals surface area contributed by atoms with Crippen molar-refractivity contribution in [2.45, 2.75) is 12.5 Å². The van der Waals surface area contributed by atoms with Gasteiger partial charge in [0.25, 0.3) is 23.1 Å². The zero-order valence-corrected chi connectivity index (χ0v) is 16.0. The number of nitro groups is 2. The largest absolute Gasteiger partial charge is 0.507 e. The first-order valence-corrected chi connectivity index (χ1v) is 9.14. The van der Waals surface area contributed by atoms with E-state index in [1.165, 1.54) is 36.4 Å². The molecular weight excluding hydrogens is 410 g/mol. The number of Topliss-reactive ketones (excluding diaryl/α,β-unsaturated/α-hetero) is 1. The standard InChI is InChI=1S/C20H17N3O8/c24-10-2-9-21-17(13-3-1-4-15(11-13)23(30)31)16(19(26)20(21)27)18(25)12-5-7-14(8-6-12)22(28)29/h1,3-8,11,17,24-25H,2,9-10H2/t17-/m1/s1. The molecular formula is C20H17N3O8. The Labute approximate surface area is 175 Å². The summed E-state index contributed by atoms with van der Waals surface area (Å²) in [7, 11) is 0. The molecule has 160 valence electrons. The van der Waals surface area contributed by atoms with Crippen LogP contribution in [0.15, 0.2) is 54.1 Å². The smallest absolute Gasteiger partial charge is 0.295 e. The maximum atomic E-state index is 12.8. The minimum Gasteiger partial charge on any atom is -0.507 e. The summed E-state index contributed by atoms with van der Waals surface area (Å²) in [5.41, 5.74) is -0.482. The summed E-state index contributed by atoms with van der Waals surface area (Å²) in [6.07, 6.45) is 0.149. The minimum atomic E-state index is -1.12. The number of non-ortho nitro benzene ring substituents is 2. The Bertz CT molecular complexity index is 1090. The van der Waals surface area contributed by atoms with Gasteiger partial charge in [-0.3, -0.25) is 29.8 Å². The lowest BCUT2D eigenvalue weighted by Gasteiger charge is -2.25. The van der Waals surface area contributed by atoms with Crippen molar-refractivity contribution in [3.63, 3.8) is 0 Å². The summed E-state index contributed by atoms with van der Waals surface area (Å²) in [5, 5.41) is 42.0. The lowest BCUT2D eigenvalue weighted by molar-refractivity contribution is -0.385. The summed E-state index contributed by atoms with van der Waals surface area (Å²) in [4.78, 5) is 47.3. The summed E-state index contributed by atoms with van der Waals surface area (Å²) in [6.45, 7) is -0.279. The number of rotatable bonds is 7. The third-order valence-corrected chi connectivity index (χ3v) is 4.85. The number of aliphatic hydroxyl groups excluding tert-OH is 2. The average Bonchev–Trinajstić information content (AvgIpc) is 3.02. The fourth-order valence-electron chi connectivity index (χ4n) is 3.40. The molecule has 2 aromatic carbocycles. The second kappa shape index (κ2) is 8.71. The van der Waals surface area contributed by atoms with E-state index in [9.17, 15) is 34.9 Å². The lowest BCUT2D eigenvalue weighted by Crippen LogP contribution is -2.31. The Morgan fingerprint density at radius 1 is 1.00 bits per heavy atom. The second-order valence-corrected chi connectivity index (χ2v) is 6.73. The molecule has 31 heavy (non-hydrogen) atoms. The molecule has 1 aliphatic rings. The van der Waals surface area contributed by atoms with Crippen LogP contribution in [-0.4, -0.2) is 49.8 Å². The first-order chi connectivity index (χ1) is 14.8. The number of amides is 1. The SMILES string of the molecule is O=C1C(=O)N(CCCO)[C@H](c2cccc([N+](=O)[O-])c2)C1=C(O)c1ccc([N+](=O)[O-])cc1. The van der Waals surface area contributed by atoms with Crippen LogP contribution >= 0.6 is 0 Å². The topological polar surface area (TPSA) is 164 Å². The van der Waals surface area contributed by atoms with Crippen LogP contribution in [0, 0.1) is 20.2 Å². The Morgan fingerprint density at radius 3 is 2.23 bits per heavy atom. The van der Waals surface area contributed by atoms with Gasteiger partial charge in [0.15, 0.2) is 0 Å². The number of carbonyl (C=O) groups excluding carboxylic acids is 2. The van der Waals surface area contributed by atoms with E-state index in [0.29, 0.717) is 0 Å². The first-order valence-electron chi connectivity index (χ1n) is 9.14. The number of hydrogen-bond acceptors (Lipinski definition) is 8. The number of benzene rings is 2. The average molecular weight is 427 g/mol. The number of hydrogen-bond donors (Lipinski definition) is 2. The predicted octanol–water partition coefficient (Wildman–Crippen LogP) is 2.31. The van der Waals surface area contributed by atoms with Gasteiger partial charge in [-0.1, -0.05) is 12.1 Å². The van der Waals surface area contributed by atoms with Gasteiger partial charge >= 0.3 is 0 Å². The number of carbonyl (C=O) groups is 2. The summed E-state index contributed by atoms with van der Waals surface area (Å²) >= 11 is 0. The van der Waals surface area contributed by atoms with Crippen LogP contribution in [-0.2, 0) is 9.59 Å². The summed E-state index contributed by atoms with van der Waals surface area (Å²) in [5.74, 6) is -2.48. The van der Waals surface area contributed by atoms with Crippen LogP contribution in [0.3, 0.4) is 0 Å². The van der Waals surface area contributed by atoms with Gasteiger partial charge in [0.05, 0.1) is 21.5 Å². The molecule has 0 spiro atoms. The van der Waals surface area contributed by atoms with E-state index in [0.717, 1.165) is 17.0 Å². The van der Waals surface area contributed by atoms with Gasteiger partial charge in [0.1, 0.15) is 5.76 Å². The molecule has 0 aliphatic carbocycles. The third-order valence-electron chi connectivity index (χ3n) is 4.85. The summed E-state index contributed by atoms with van der Waals surface area (Å²) in [6, 6.07) is 8.95. The van der Waals surface area contributed by atoms with E-state index in [2.05, 4.69) is 0 Å². The second-order valence-electron chi connectivity index (χ2n) is 6.73. The number of likely N-dealkylation sites (tertiary alicyclic amines) is 1. The van der Waals surface area contributed by atoms with Crippen molar-refractivity contribution in [1.29, 1.82) is 0 Å². The molecule has 0 aromatic heterocycles. The van der Waals surface area contributed by atoms with Crippen LogP contribution in [0.25, 0.3) is 5.76 Å². The fourth-order valence-corrected chi connectivity index (χ4v) is 3.40. The van der Waals surface area contributed by atoms with Crippen molar-refractivity contribution in [3.8, 4) is 0 Å². The van der Waals surface area contributed by atoms with E-state index in [-0.39, 0.29) is 47.6 Å². The normalized spacial score (nSPS) is 17.7. The fraction of sp³-hybridized carbons (Fsp3) is 0.200. The molecule has 0 unspecified atom stereocenters. The molecule has 1 atom stereocenters. The molecule has 1 aliphatic heterocycles. The Balaban J connectivity index is 2.17. The van der Waals surface area contributed by atoms with Gasteiger partial charge in [-0.25, -0.2) is 0 Å². The maximum absolute atomic E-state index is 12.8. The number of nitro benzene ring substituents is 2. The van der Waals surface area contributed by atoms with E-state index < -0.39 is 33.3 Å². The highest BCUT2D eigenvalue weighted by atomic mass is 16.6. The molecule has 1 saturated heterocycles. The van der Waals surface area contributed by atoms with Crippen molar-refractivity contribution in [1.82, 2.24) is 4.90 Å². The molecule has 1 heterocycles. The highest BCUT2D eigenvalue weighted by Crippen LogP contribution is 2.40. The highest BCUT2D eigenvalue weighted by Gasteiger charge is 2.46. The zero-order chi connectivity index (χ0) is 22.7. The molecule has 2 aromatic rings. The van der Waals surface area contributed by atoms with E-state index in [4.69, 9.17) is 5.11 Å². The van der Waals surface area contributed by atoms with Crippen LogP contribution in [0.2, 0.25) is 0 Å². The number of nitrogens with zero attached hydrogens (tertiary/aromatic N) is 3. The van der Waals surface area contributed by atoms with Gasteiger partial charge < -0.3 is 15.1 Å². The molecule has 0 saturated carbocycles. The van der Waals surface area contributed by atoms with Crippen LogP contribution in [0.1, 0.15) is 23.6 Å². The third kappa shape index (κ3) is 4.12. The van der Waals surface area contributed by atoms with E-state index >= 15 is 0 Å². The van der Waals surface area contributed by atoms with Gasteiger partial charge in [-0.05, 0) is 24.1 Å². The van der Waals surface area contributed by atoms with Crippen molar-refractivity contribution in [2.24, 2.45) is 0 Å². The van der Waals surface area contributed by atoms with Gasteiger partial charge in [0, 0.05) is 43.0 Å². The highest BCUT2D eigenvalue weighted by molar-refractivity contribution is 6.46. The van der Waals surface area contributed by atoms with Crippen LogP contribution < -0.4 is 0 Å². The minimum absolute atomic E-state index is 0.0223. The molecule has 0 radical (unpaired) electrons. The monoisotopic (exact) mass is 427 g/mol. The van der Waals surface area contributed by atoms with Crippen LogP contribution in [0.4, 0.5) is 11.4 Å². The first kappa shape index (κ1) is 21.6. The maximum Gasteiger partial charge on any atom is 0.295 e. The van der Waals surface area contributed by atoms with E-state index in [1.54, 1.807) is 0 Å². The van der Waals surface area contributed by atoms with Gasteiger partial charge in [0.2, 0.25) is 0 Å². The van der Waals surface area contributed by atoms with E-state index in [1.807, 2.05) is 0 Å².